The Morgan fingerprint density at radius 1 is 1.16 bits per heavy atom. The first-order chi connectivity index (χ1) is 15.3. The van der Waals surface area contributed by atoms with Gasteiger partial charge in [0, 0.05) is 11.0 Å². The van der Waals surface area contributed by atoms with Crippen LogP contribution in [0, 0.1) is 19.7 Å². The van der Waals surface area contributed by atoms with Crippen molar-refractivity contribution in [3.8, 4) is 0 Å². The quantitative estimate of drug-likeness (QED) is 0.428. The summed E-state index contributed by atoms with van der Waals surface area (Å²) in [4.78, 5) is 24.7. The van der Waals surface area contributed by atoms with Gasteiger partial charge in [0.1, 0.15) is 5.82 Å². The zero-order valence-electron chi connectivity index (χ0n) is 17.9. The number of halogens is 2. The molecule has 10 heteroatoms. The third-order valence-electron chi connectivity index (χ3n) is 4.83. The van der Waals surface area contributed by atoms with Gasteiger partial charge in [0.25, 0.3) is 5.91 Å². The average molecular weight is 520 g/mol. The minimum absolute atomic E-state index is 0.0289. The second kappa shape index (κ2) is 10.7. The van der Waals surface area contributed by atoms with Crippen LogP contribution in [-0.4, -0.2) is 32.3 Å². The van der Waals surface area contributed by atoms with Gasteiger partial charge in [-0.05, 0) is 72.1 Å². The van der Waals surface area contributed by atoms with Gasteiger partial charge in [-0.2, -0.15) is 0 Å². The Bertz CT molecular complexity index is 1150. The number of aromatic nitrogens is 3. The van der Waals surface area contributed by atoms with Crippen molar-refractivity contribution >= 4 is 45.2 Å². The van der Waals surface area contributed by atoms with Crippen molar-refractivity contribution in [2.75, 3.05) is 11.1 Å². The zero-order valence-corrected chi connectivity index (χ0v) is 20.3. The smallest absolute Gasteiger partial charge is 0.254 e. The Morgan fingerprint density at radius 3 is 2.59 bits per heavy atom. The number of aryl methyl sites for hydroxylation is 2. The van der Waals surface area contributed by atoms with E-state index in [-0.39, 0.29) is 23.8 Å². The van der Waals surface area contributed by atoms with Gasteiger partial charge in [-0.15, -0.1) is 10.2 Å². The first kappa shape index (κ1) is 23.9. The molecule has 32 heavy (non-hydrogen) atoms. The molecule has 0 saturated carbocycles. The van der Waals surface area contributed by atoms with Crippen LogP contribution in [0.1, 0.15) is 34.2 Å². The predicted octanol–water partition coefficient (Wildman–Crippen LogP) is 4.48. The molecule has 0 spiro atoms. The largest absolute Gasteiger partial charge is 0.345 e. The molecule has 0 unspecified atom stereocenters. The Balaban J connectivity index is 1.60. The summed E-state index contributed by atoms with van der Waals surface area (Å²) in [7, 11) is 0. The maximum atomic E-state index is 13.8. The van der Waals surface area contributed by atoms with Crippen LogP contribution in [0.2, 0.25) is 0 Å². The number of hydrogen-bond acceptors (Lipinski definition) is 5. The normalized spacial score (nSPS) is 10.8. The van der Waals surface area contributed by atoms with E-state index in [2.05, 4.69) is 36.8 Å². The SMILES string of the molecule is CCn1c(CNC(=O)c2ccccc2F)nnc1SCC(=O)Nc1cc(C)c(C)cc1Br. The predicted molar refractivity (Wildman–Crippen MR) is 126 cm³/mol. The molecule has 3 aromatic rings. The fraction of sp³-hybridized carbons (Fsp3) is 0.273. The summed E-state index contributed by atoms with van der Waals surface area (Å²) in [6.45, 7) is 6.57. The third kappa shape index (κ3) is 5.74. The highest BCUT2D eigenvalue weighted by Crippen LogP contribution is 2.26. The van der Waals surface area contributed by atoms with Crippen molar-refractivity contribution in [3.63, 3.8) is 0 Å². The minimum Gasteiger partial charge on any atom is -0.345 e. The van der Waals surface area contributed by atoms with Crippen LogP contribution < -0.4 is 10.6 Å². The van der Waals surface area contributed by atoms with E-state index in [4.69, 9.17) is 0 Å². The lowest BCUT2D eigenvalue weighted by Gasteiger charge is -2.11. The van der Waals surface area contributed by atoms with Crippen molar-refractivity contribution in [2.45, 2.75) is 39.0 Å². The van der Waals surface area contributed by atoms with Gasteiger partial charge in [0.2, 0.25) is 5.91 Å². The molecule has 0 bridgehead atoms. The van der Waals surface area contributed by atoms with E-state index in [0.717, 1.165) is 15.6 Å². The van der Waals surface area contributed by atoms with Crippen LogP contribution >= 0.6 is 27.7 Å². The van der Waals surface area contributed by atoms with Crippen LogP contribution in [0.15, 0.2) is 46.0 Å². The van der Waals surface area contributed by atoms with Crippen molar-refractivity contribution < 1.29 is 14.0 Å². The molecule has 0 atom stereocenters. The van der Waals surface area contributed by atoms with E-state index >= 15 is 0 Å². The summed E-state index contributed by atoms with van der Waals surface area (Å²) in [5.74, 6) is -0.601. The molecular formula is C22H23BrFN5O2S. The van der Waals surface area contributed by atoms with Crippen molar-refractivity contribution in [3.05, 3.63) is 69.2 Å². The van der Waals surface area contributed by atoms with Crippen LogP contribution in [-0.2, 0) is 17.9 Å². The van der Waals surface area contributed by atoms with Gasteiger partial charge in [0.05, 0.1) is 23.5 Å². The number of carbonyl (C=O) groups excluding carboxylic acids is 2. The number of nitrogens with zero attached hydrogens (tertiary/aromatic N) is 3. The summed E-state index contributed by atoms with van der Waals surface area (Å²) < 4.78 is 16.4. The molecule has 0 saturated heterocycles. The number of thioether (sulfide) groups is 1. The van der Waals surface area contributed by atoms with Crippen LogP contribution in [0.5, 0.6) is 0 Å². The first-order valence-corrected chi connectivity index (χ1v) is 11.7. The van der Waals surface area contributed by atoms with Crippen LogP contribution in [0.25, 0.3) is 0 Å². The molecule has 3 rings (SSSR count). The van der Waals surface area contributed by atoms with E-state index < -0.39 is 11.7 Å². The van der Waals surface area contributed by atoms with Crippen molar-refractivity contribution in [1.82, 2.24) is 20.1 Å². The summed E-state index contributed by atoms with van der Waals surface area (Å²) in [6, 6.07) is 9.67. The molecule has 0 aliphatic rings. The first-order valence-electron chi connectivity index (χ1n) is 9.94. The number of nitrogens with one attached hydrogen (secondary N) is 2. The standard InChI is InChI=1S/C22H23BrFN5O2S/c1-4-29-19(11-25-21(31)15-7-5-6-8-17(15)24)27-28-22(29)32-12-20(30)26-18-10-14(3)13(2)9-16(18)23/h5-10H,4,11-12H2,1-3H3,(H,25,31)(H,26,30). The van der Waals surface area contributed by atoms with Crippen molar-refractivity contribution in [2.24, 2.45) is 0 Å². The van der Waals surface area contributed by atoms with Gasteiger partial charge >= 0.3 is 0 Å². The molecule has 2 aromatic carbocycles. The van der Waals surface area contributed by atoms with Crippen molar-refractivity contribution in [1.29, 1.82) is 0 Å². The van der Waals surface area contributed by atoms with Crippen LogP contribution in [0.3, 0.4) is 0 Å². The topological polar surface area (TPSA) is 88.9 Å². The Kier molecular flexibility index (Phi) is 8.03. The molecule has 0 aliphatic carbocycles. The lowest BCUT2D eigenvalue weighted by molar-refractivity contribution is -0.113. The van der Waals surface area contributed by atoms with Gasteiger partial charge in [-0.25, -0.2) is 4.39 Å². The average Bonchev–Trinajstić information content (AvgIpc) is 3.16. The zero-order chi connectivity index (χ0) is 23.3. The van der Waals surface area contributed by atoms with Gasteiger partial charge in [0.15, 0.2) is 11.0 Å². The molecule has 0 radical (unpaired) electrons. The number of benzene rings is 2. The monoisotopic (exact) mass is 519 g/mol. The maximum absolute atomic E-state index is 13.8. The molecule has 7 nitrogen and oxygen atoms in total. The second-order valence-electron chi connectivity index (χ2n) is 7.06. The van der Waals surface area contributed by atoms with E-state index in [0.29, 0.717) is 23.2 Å². The Labute approximate surface area is 198 Å². The molecule has 1 aromatic heterocycles. The van der Waals surface area contributed by atoms with Gasteiger partial charge < -0.3 is 15.2 Å². The summed E-state index contributed by atoms with van der Waals surface area (Å²) in [5.41, 5.74) is 2.91. The number of anilines is 1. The molecule has 2 amide bonds. The van der Waals surface area contributed by atoms with E-state index in [1.54, 1.807) is 6.07 Å². The Morgan fingerprint density at radius 2 is 1.88 bits per heavy atom. The van der Waals surface area contributed by atoms with E-state index in [1.165, 1.54) is 30.0 Å². The summed E-state index contributed by atoms with van der Waals surface area (Å²) in [6.07, 6.45) is 0. The fourth-order valence-electron chi connectivity index (χ4n) is 2.97. The highest BCUT2D eigenvalue weighted by Gasteiger charge is 2.16. The van der Waals surface area contributed by atoms with E-state index in [9.17, 15) is 14.0 Å². The molecule has 168 valence electrons. The molecule has 0 aliphatic heterocycles. The Hall–Kier alpha value is -2.72. The van der Waals surface area contributed by atoms with E-state index in [1.807, 2.05) is 37.5 Å². The lowest BCUT2D eigenvalue weighted by atomic mass is 10.1. The highest BCUT2D eigenvalue weighted by molar-refractivity contribution is 9.10. The number of carbonyl (C=O) groups is 2. The molecule has 1 heterocycles. The van der Waals surface area contributed by atoms with Crippen LogP contribution in [0.4, 0.5) is 10.1 Å². The summed E-state index contributed by atoms with van der Waals surface area (Å²) in [5, 5.41) is 14.4. The highest BCUT2D eigenvalue weighted by atomic mass is 79.9. The van der Waals surface area contributed by atoms with Gasteiger partial charge in [-0.3, -0.25) is 9.59 Å². The molecule has 0 fully saturated rings. The maximum Gasteiger partial charge on any atom is 0.254 e. The minimum atomic E-state index is -0.584. The number of rotatable bonds is 8. The third-order valence-corrected chi connectivity index (χ3v) is 6.45. The molecule has 2 N–H and O–H groups in total. The molecular weight excluding hydrogens is 497 g/mol. The van der Waals surface area contributed by atoms with Gasteiger partial charge in [-0.1, -0.05) is 23.9 Å². The number of hydrogen-bond donors (Lipinski definition) is 2. The second-order valence-corrected chi connectivity index (χ2v) is 8.86. The fourth-order valence-corrected chi connectivity index (χ4v) is 4.35. The lowest BCUT2D eigenvalue weighted by Crippen LogP contribution is -2.25. The summed E-state index contributed by atoms with van der Waals surface area (Å²) >= 11 is 4.73. The number of amides is 2.